The normalized spacial score (nSPS) is 15.3. The number of hydrogen-bond acceptors (Lipinski definition) is 3. The van der Waals surface area contributed by atoms with Crippen molar-refractivity contribution in [2.75, 3.05) is 6.61 Å². The number of aliphatic hydroxyl groups is 1. The highest BCUT2D eigenvalue weighted by molar-refractivity contribution is 5.81. The first-order chi connectivity index (χ1) is 5.61. The molecular weight excluding hydrogens is 156 g/mol. The van der Waals surface area contributed by atoms with E-state index in [9.17, 15) is 4.79 Å². The fraction of sp³-hybridized carbons (Fsp3) is 0.875. The summed E-state index contributed by atoms with van der Waals surface area (Å²) in [7, 11) is 0. The maximum atomic E-state index is 11.2. The highest BCUT2D eigenvalue weighted by Crippen LogP contribution is 1.93. The van der Waals surface area contributed by atoms with E-state index in [-0.39, 0.29) is 18.6 Å². The number of aliphatic hydroxyl groups excluding tert-OH is 1. The Morgan fingerprint density at radius 3 is 2.67 bits per heavy atom. The minimum Gasteiger partial charge on any atom is -0.394 e. The lowest BCUT2D eigenvalue weighted by atomic mass is 10.1. The van der Waals surface area contributed by atoms with E-state index in [0.717, 1.165) is 6.42 Å². The topological polar surface area (TPSA) is 75.4 Å². The first-order valence-electron chi connectivity index (χ1n) is 4.28. The van der Waals surface area contributed by atoms with Crippen molar-refractivity contribution in [1.29, 1.82) is 0 Å². The minimum atomic E-state index is -0.441. The Hall–Kier alpha value is -0.610. The Balaban J connectivity index is 3.70. The van der Waals surface area contributed by atoms with Crippen LogP contribution in [-0.4, -0.2) is 29.7 Å². The molecule has 0 aromatic rings. The van der Waals surface area contributed by atoms with Gasteiger partial charge in [-0.3, -0.25) is 4.79 Å². The molecule has 72 valence electrons. The number of carbonyl (C=O) groups is 1. The van der Waals surface area contributed by atoms with E-state index in [1.807, 2.05) is 6.92 Å². The van der Waals surface area contributed by atoms with Crippen LogP contribution in [0.1, 0.15) is 26.7 Å². The van der Waals surface area contributed by atoms with Crippen LogP contribution in [0.2, 0.25) is 0 Å². The second-order valence-electron chi connectivity index (χ2n) is 2.99. The monoisotopic (exact) mass is 174 g/mol. The van der Waals surface area contributed by atoms with Crippen LogP contribution < -0.4 is 11.1 Å². The fourth-order valence-electron chi connectivity index (χ4n) is 0.838. The van der Waals surface area contributed by atoms with Crippen LogP contribution in [0.3, 0.4) is 0 Å². The molecule has 0 unspecified atom stereocenters. The molecule has 2 atom stereocenters. The molecule has 0 aromatic carbocycles. The van der Waals surface area contributed by atoms with E-state index in [1.165, 1.54) is 0 Å². The minimum absolute atomic E-state index is 0.0510. The number of rotatable bonds is 5. The SMILES string of the molecule is CCC[C@@H](N)C(=O)N[C@@H](C)CO. The van der Waals surface area contributed by atoms with Crippen molar-refractivity contribution in [1.82, 2.24) is 5.32 Å². The lowest BCUT2D eigenvalue weighted by Gasteiger charge is -2.14. The Morgan fingerprint density at radius 2 is 2.25 bits per heavy atom. The lowest BCUT2D eigenvalue weighted by Crippen LogP contribution is -2.45. The van der Waals surface area contributed by atoms with Gasteiger partial charge in [-0.05, 0) is 13.3 Å². The van der Waals surface area contributed by atoms with E-state index in [4.69, 9.17) is 10.8 Å². The van der Waals surface area contributed by atoms with Crippen molar-refractivity contribution < 1.29 is 9.90 Å². The number of carbonyl (C=O) groups excluding carboxylic acids is 1. The van der Waals surface area contributed by atoms with Gasteiger partial charge in [-0.2, -0.15) is 0 Å². The molecule has 0 fully saturated rings. The molecule has 0 bridgehead atoms. The van der Waals surface area contributed by atoms with Crippen molar-refractivity contribution >= 4 is 5.91 Å². The average molecular weight is 174 g/mol. The van der Waals surface area contributed by atoms with Crippen molar-refractivity contribution in [3.8, 4) is 0 Å². The zero-order chi connectivity index (χ0) is 9.56. The summed E-state index contributed by atoms with van der Waals surface area (Å²) >= 11 is 0. The number of hydrogen-bond donors (Lipinski definition) is 3. The predicted octanol–water partition coefficient (Wildman–Crippen LogP) is -0.389. The summed E-state index contributed by atoms with van der Waals surface area (Å²) in [6, 6.07) is -0.649. The van der Waals surface area contributed by atoms with Gasteiger partial charge < -0.3 is 16.2 Å². The molecule has 0 saturated carbocycles. The van der Waals surface area contributed by atoms with Gasteiger partial charge in [-0.25, -0.2) is 0 Å². The third-order valence-corrected chi connectivity index (χ3v) is 1.60. The Bertz CT molecular complexity index is 139. The molecular formula is C8H18N2O2. The first-order valence-corrected chi connectivity index (χ1v) is 4.28. The van der Waals surface area contributed by atoms with Crippen LogP contribution in [0.25, 0.3) is 0 Å². The second kappa shape index (κ2) is 5.97. The van der Waals surface area contributed by atoms with Crippen LogP contribution >= 0.6 is 0 Å². The highest BCUT2D eigenvalue weighted by atomic mass is 16.3. The Morgan fingerprint density at radius 1 is 1.67 bits per heavy atom. The molecule has 0 aromatic heterocycles. The maximum absolute atomic E-state index is 11.2. The molecule has 0 aliphatic heterocycles. The van der Waals surface area contributed by atoms with Crippen molar-refractivity contribution in [2.45, 2.75) is 38.8 Å². The predicted molar refractivity (Wildman–Crippen MR) is 47.6 cm³/mol. The van der Waals surface area contributed by atoms with E-state index in [1.54, 1.807) is 6.92 Å². The first kappa shape index (κ1) is 11.4. The standard InChI is InChI=1S/C8H18N2O2/c1-3-4-7(9)8(12)10-6(2)5-11/h6-7,11H,3-5,9H2,1-2H3,(H,10,12)/t6-,7+/m0/s1. The molecule has 0 aliphatic rings. The third-order valence-electron chi connectivity index (χ3n) is 1.60. The van der Waals surface area contributed by atoms with Gasteiger partial charge in [-0.15, -0.1) is 0 Å². The van der Waals surface area contributed by atoms with Gasteiger partial charge >= 0.3 is 0 Å². The molecule has 0 aliphatic carbocycles. The summed E-state index contributed by atoms with van der Waals surface area (Å²) in [4.78, 5) is 11.2. The van der Waals surface area contributed by atoms with Gasteiger partial charge in [0.25, 0.3) is 0 Å². The molecule has 0 heterocycles. The summed E-state index contributed by atoms with van der Waals surface area (Å²) < 4.78 is 0. The largest absolute Gasteiger partial charge is 0.394 e. The van der Waals surface area contributed by atoms with Crippen molar-refractivity contribution in [3.05, 3.63) is 0 Å². The maximum Gasteiger partial charge on any atom is 0.237 e. The molecule has 4 nitrogen and oxygen atoms in total. The van der Waals surface area contributed by atoms with Gasteiger partial charge in [0.15, 0.2) is 0 Å². The number of amides is 1. The van der Waals surface area contributed by atoms with Crippen LogP contribution in [0, 0.1) is 0 Å². The van der Waals surface area contributed by atoms with Gasteiger partial charge in [-0.1, -0.05) is 13.3 Å². The molecule has 0 spiro atoms. The van der Waals surface area contributed by atoms with Crippen molar-refractivity contribution in [2.24, 2.45) is 5.73 Å². The zero-order valence-electron chi connectivity index (χ0n) is 7.71. The van der Waals surface area contributed by atoms with E-state index in [2.05, 4.69) is 5.32 Å². The van der Waals surface area contributed by atoms with Crippen LogP contribution in [-0.2, 0) is 4.79 Å². The van der Waals surface area contributed by atoms with E-state index < -0.39 is 6.04 Å². The molecule has 12 heavy (non-hydrogen) atoms. The van der Waals surface area contributed by atoms with E-state index in [0.29, 0.717) is 6.42 Å². The summed E-state index contributed by atoms with van der Waals surface area (Å²) in [5.41, 5.74) is 5.54. The smallest absolute Gasteiger partial charge is 0.237 e. The number of nitrogens with one attached hydrogen (secondary N) is 1. The van der Waals surface area contributed by atoms with Gasteiger partial charge in [0, 0.05) is 6.04 Å². The molecule has 1 amide bonds. The molecule has 4 heteroatoms. The molecule has 0 rings (SSSR count). The quantitative estimate of drug-likeness (QED) is 0.531. The third kappa shape index (κ3) is 4.31. The Kier molecular flexibility index (Phi) is 5.66. The van der Waals surface area contributed by atoms with Gasteiger partial charge in [0.1, 0.15) is 0 Å². The van der Waals surface area contributed by atoms with Crippen LogP contribution in [0.5, 0.6) is 0 Å². The molecule has 0 radical (unpaired) electrons. The van der Waals surface area contributed by atoms with E-state index >= 15 is 0 Å². The zero-order valence-corrected chi connectivity index (χ0v) is 7.71. The summed E-state index contributed by atoms with van der Waals surface area (Å²) in [6.07, 6.45) is 1.58. The summed E-state index contributed by atoms with van der Waals surface area (Å²) in [5.74, 6) is -0.182. The summed E-state index contributed by atoms with van der Waals surface area (Å²) in [6.45, 7) is 3.66. The lowest BCUT2D eigenvalue weighted by molar-refractivity contribution is -0.123. The Labute approximate surface area is 73.1 Å². The van der Waals surface area contributed by atoms with Crippen LogP contribution in [0.4, 0.5) is 0 Å². The van der Waals surface area contributed by atoms with Crippen LogP contribution in [0.15, 0.2) is 0 Å². The molecule has 4 N–H and O–H groups in total. The highest BCUT2D eigenvalue weighted by Gasteiger charge is 2.13. The van der Waals surface area contributed by atoms with Crippen molar-refractivity contribution in [3.63, 3.8) is 0 Å². The number of nitrogens with two attached hydrogens (primary N) is 1. The van der Waals surface area contributed by atoms with Gasteiger partial charge in [0.2, 0.25) is 5.91 Å². The average Bonchev–Trinajstić information content (AvgIpc) is 2.04. The fourth-order valence-corrected chi connectivity index (χ4v) is 0.838. The summed E-state index contributed by atoms with van der Waals surface area (Å²) in [5, 5.41) is 11.2. The second-order valence-corrected chi connectivity index (χ2v) is 2.99. The van der Waals surface area contributed by atoms with Gasteiger partial charge in [0.05, 0.1) is 12.6 Å². The molecule has 0 saturated heterocycles.